The van der Waals surface area contributed by atoms with Crippen molar-refractivity contribution in [2.45, 2.75) is 64.6 Å². The van der Waals surface area contributed by atoms with E-state index < -0.39 is 0 Å². The molecule has 1 saturated heterocycles. The summed E-state index contributed by atoms with van der Waals surface area (Å²) in [5.74, 6) is 3.50. The maximum Gasteiger partial charge on any atom is 0.231 e. The van der Waals surface area contributed by atoms with Crippen LogP contribution in [-0.4, -0.2) is 53.2 Å². The van der Waals surface area contributed by atoms with E-state index in [2.05, 4.69) is 46.2 Å². The second kappa shape index (κ2) is 9.12. The van der Waals surface area contributed by atoms with Crippen LogP contribution in [0.2, 0.25) is 0 Å². The number of benzene rings is 1. The third-order valence-corrected chi connectivity index (χ3v) is 7.19. The molecule has 2 fully saturated rings. The first-order valence-corrected chi connectivity index (χ1v) is 12.0. The van der Waals surface area contributed by atoms with Gasteiger partial charge in [0.15, 0.2) is 17.5 Å². The summed E-state index contributed by atoms with van der Waals surface area (Å²) in [6, 6.07) is 7.25. The zero-order valence-electron chi connectivity index (χ0n) is 18.8. The number of ether oxygens (including phenoxy) is 2. The summed E-state index contributed by atoms with van der Waals surface area (Å²) >= 11 is 0. The van der Waals surface area contributed by atoms with E-state index in [0.717, 1.165) is 43.4 Å². The van der Waals surface area contributed by atoms with E-state index in [9.17, 15) is 0 Å². The molecular formula is C23H36N6O2+2. The van der Waals surface area contributed by atoms with Gasteiger partial charge < -0.3 is 19.3 Å². The van der Waals surface area contributed by atoms with Gasteiger partial charge in [0, 0.05) is 12.0 Å². The van der Waals surface area contributed by atoms with Gasteiger partial charge in [0.2, 0.25) is 12.6 Å². The molecule has 0 spiro atoms. The van der Waals surface area contributed by atoms with Crippen LogP contribution in [-0.2, 0) is 6.54 Å². The average molecular weight is 429 g/mol. The summed E-state index contributed by atoms with van der Waals surface area (Å²) in [6.45, 7) is 10.7. The smallest absolute Gasteiger partial charge is 0.231 e. The first kappa shape index (κ1) is 20.7. The molecular weight excluding hydrogens is 392 g/mol. The molecule has 168 valence electrons. The Morgan fingerprint density at radius 1 is 1.06 bits per heavy atom. The van der Waals surface area contributed by atoms with Crippen molar-refractivity contribution < 1.29 is 19.3 Å². The van der Waals surface area contributed by atoms with Gasteiger partial charge in [-0.05, 0) is 47.4 Å². The van der Waals surface area contributed by atoms with Gasteiger partial charge >= 0.3 is 0 Å². The molecule has 1 aromatic heterocycles. The molecule has 3 heterocycles. The highest BCUT2D eigenvalue weighted by Crippen LogP contribution is 2.32. The summed E-state index contributed by atoms with van der Waals surface area (Å²) in [4.78, 5) is 3.29. The number of nitrogens with zero attached hydrogens (tertiary/aromatic N) is 4. The fourth-order valence-electron chi connectivity index (χ4n) is 5.55. The molecule has 0 radical (unpaired) electrons. The molecule has 2 aromatic rings. The van der Waals surface area contributed by atoms with Crippen LogP contribution in [0.25, 0.3) is 0 Å². The molecule has 1 saturated carbocycles. The molecule has 0 bridgehead atoms. The van der Waals surface area contributed by atoms with E-state index in [0.29, 0.717) is 24.8 Å². The van der Waals surface area contributed by atoms with Crippen LogP contribution in [0.5, 0.6) is 11.5 Å². The highest BCUT2D eigenvalue weighted by Gasteiger charge is 2.36. The Kier molecular flexibility index (Phi) is 6.09. The van der Waals surface area contributed by atoms with Crippen LogP contribution in [0.15, 0.2) is 18.2 Å². The van der Waals surface area contributed by atoms with Crippen LogP contribution in [0, 0.1) is 5.92 Å². The third kappa shape index (κ3) is 4.55. The molecule has 1 atom stereocenters. The second-order valence-corrected chi connectivity index (χ2v) is 9.87. The highest BCUT2D eigenvalue weighted by molar-refractivity contribution is 5.44. The van der Waals surface area contributed by atoms with Crippen molar-refractivity contribution in [3.05, 3.63) is 29.6 Å². The Balaban J connectivity index is 1.24. The summed E-state index contributed by atoms with van der Waals surface area (Å²) in [6.07, 6.45) is 6.17. The maximum absolute atomic E-state index is 5.55. The van der Waals surface area contributed by atoms with Crippen molar-refractivity contribution >= 4 is 0 Å². The van der Waals surface area contributed by atoms with Crippen LogP contribution < -0.4 is 19.3 Å². The molecule has 0 amide bonds. The Labute approximate surface area is 184 Å². The summed E-state index contributed by atoms with van der Waals surface area (Å²) in [5, 5.41) is 13.1. The van der Waals surface area contributed by atoms with E-state index in [-0.39, 0.29) is 0 Å². The van der Waals surface area contributed by atoms with Gasteiger partial charge in [-0.3, -0.25) is 0 Å². The fraction of sp³-hybridized carbons (Fsp3) is 0.696. The lowest BCUT2D eigenvalue weighted by molar-refractivity contribution is -1.03. The van der Waals surface area contributed by atoms with Crippen LogP contribution in [0.4, 0.5) is 0 Å². The molecule has 31 heavy (non-hydrogen) atoms. The van der Waals surface area contributed by atoms with Crippen LogP contribution in [0.3, 0.4) is 0 Å². The minimum atomic E-state index is 0.339. The zero-order valence-corrected chi connectivity index (χ0v) is 18.8. The summed E-state index contributed by atoms with van der Waals surface area (Å²) in [5.41, 5.74) is 1.33. The maximum atomic E-state index is 5.55. The number of hydrogen-bond donors (Lipinski definition) is 2. The van der Waals surface area contributed by atoms with Crippen molar-refractivity contribution in [2.75, 3.05) is 33.0 Å². The number of hydrogen-bond acceptors (Lipinski definition) is 5. The minimum Gasteiger partial charge on any atom is -0.454 e. The van der Waals surface area contributed by atoms with Crippen LogP contribution >= 0.6 is 0 Å². The third-order valence-electron chi connectivity index (χ3n) is 7.19. The molecule has 5 rings (SSSR count). The van der Waals surface area contributed by atoms with Gasteiger partial charge in [-0.25, -0.2) is 4.68 Å². The van der Waals surface area contributed by atoms with Gasteiger partial charge in [0.05, 0.1) is 6.04 Å². The lowest BCUT2D eigenvalue weighted by Gasteiger charge is -2.35. The van der Waals surface area contributed by atoms with Crippen molar-refractivity contribution in [3.63, 3.8) is 0 Å². The monoisotopic (exact) mass is 428 g/mol. The van der Waals surface area contributed by atoms with Gasteiger partial charge in [0.25, 0.3) is 0 Å². The number of nitrogens with one attached hydrogen (secondary N) is 2. The van der Waals surface area contributed by atoms with E-state index >= 15 is 0 Å². The minimum absolute atomic E-state index is 0.339. The number of aromatic nitrogens is 4. The van der Waals surface area contributed by atoms with Crippen molar-refractivity contribution in [1.82, 2.24) is 20.2 Å². The molecule has 3 aliphatic rings. The molecule has 8 heteroatoms. The van der Waals surface area contributed by atoms with E-state index in [1.165, 1.54) is 44.3 Å². The number of piperazine rings is 1. The number of tetrazole rings is 1. The fourth-order valence-corrected chi connectivity index (χ4v) is 5.55. The molecule has 8 nitrogen and oxygen atoms in total. The Morgan fingerprint density at radius 2 is 1.84 bits per heavy atom. The Bertz CT molecular complexity index is 871. The van der Waals surface area contributed by atoms with Gasteiger partial charge in [-0.1, -0.05) is 26.7 Å². The lowest BCUT2D eigenvalue weighted by Crippen LogP contribution is -3.27. The van der Waals surface area contributed by atoms with E-state index in [4.69, 9.17) is 9.47 Å². The van der Waals surface area contributed by atoms with Crippen molar-refractivity contribution in [1.29, 1.82) is 0 Å². The first-order valence-electron chi connectivity index (χ1n) is 12.0. The Morgan fingerprint density at radius 3 is 2.61 bits per heavy atom. The number of fused-ring (bicyclic) bond motifs is 1. The lowest BCUT2D eigenvalue weighted by atomic mass is 10.0. The number of quaternary nitrogens is 2. The predicted molar refractivity (Wildman–Crippen MR) is 115 cm³/mol. The highest BCUT2D eigenvalue weighted by atomic mass is 16.7. The van der Waals surface area contributed by atoms with Crippen LogP contribution in [0.1, 0.15) is 69.4 Å². The van der Waals surface area contributed by atoms with Gasteiger partial charge in [0.1, 0.15) is 32.7 Å². The molecule has 1 aliphatic carbocycles. The molecule has 2 aliphatic heterocycles. The van der Waals surface area contributed by atoms with Crippen molar-refractivity contribution in [3.8, 4) is 11.5 Å². The van der Waals surface area contributed by atoms with Gasteiger partial charge in [-0.2, -0.15) is 0 Å². The normalized spacial score (nSPS) is 24.7. The largest absolute Gasteiger partial charge is 0.454 e. The molecule has 2 N–H and O–H groups in total. The predicted octanol–water partition coefficient (Wildman–Crippen LogP) is 0.588. The standard InChI is InChI=1S/C23H34N6O2/c1-17(2)13-20(23-24-25-26-29(23)19-5-3-4-6-19)28-11-9-27(10-12-28)15-18-7-8-21-22(14-18)31-16-30-21/h7-8,14,17,19-20H,3-6,9-13,15-16H2,1-2H3/p+2/t20-/m0/s1. The zero-order chi connectivity index (χ0) is 21.2. The first-order chi connectivity index (χ1) is 15.2. The topological polar surface area (TPSA) is 70.9 Å². The Hall–Kier alpha value is -2.19. The second-order valence-electron chi connectivity index (χ2n) is 9.87. The van der Waals surface area contributed by atoms with E-state index in [1.807, 2.05) is 6.07 Å². The quantitative estimate of drug-likeness (QED) is 0.676. The van der Waals surface area contributed by atoms with Gasteiger partial charge in [-0.15, -0.1) is 5.10 Å². The summed E-state index contributed by atoms with van der Waals surface area (Å²) in [7, 11) is 0. The molecule has 1 aromatic carbocycles. The summed E-state index contributed by atoms with van der Waals surface area (Å²) < 4.78 is 13.2. The average Bonchev–Trinajstić information content (AvgIpc) is 3.53. The SMILES string of the molecule is CC(C)C[C@@H](c1nnnn1C1CCCC1)[NH+]1CC[NH+](Cc2ccc3c(c2)OCO3)CC1. The molecule has 0 unspecified atom stereocenters. The van der Waals surface area contributed by atoms with E-state index in [1.54, 1.807) is 9.80 Å². The van der Waals surface area contributed by atoms with Crippen molar-refractivity contribution in [2.24, 2.45) is 5.92 Å². The number of rotatable bonds is 7.